The molecule has 22 heavy (non-hydrogen) atoms. The van der Waals surface area contributed by atoms with Crippen molar-refractivity contribution in [2.45, 2.75) is 32.2 Å². The number of methoxy groups -OCH3 is 1. The van der Waals surface area contributed by atoms with Crippen molar-refractivity contribution in [3.05, 3.63) is 23.3 Å². The van der Waals surface area contributed by atoms with Gasteiger partial charge in [-0.1, -0.05) is 13.3 Å². The summed E-state index contributed by atoms with van der Waals surface area (Å²) in [5, 5.41) is 18.7. The lowest BCUT2D eigenvalue weighted by Gasteiger charge is -2.39. The largest absolute Gasteiger partial charge is 0.504 e. The summed E-state index contributed by atoms with van der Waals surface area (Å²) in [6.45, 7) is 2.42. The van der Waals surface area contributed by atoms with Crippen molar-refractivity contribution in [3.8, 4) is 11.5 Å². The first-order valence-electron chi connectivity index (χ1n) is 7.18. The molecule has 1 aliphatic rings. The Bertz CT molecular complexity index is 588. The van der Waals surface area contributed by atoms with E-state index in [-0.39, 0.29) is 17.4 Å². The molecular weight excluding hydrogens is 288 g/mol. The third-order valence-corrected chi connectivity index (χ3v) is 3.83. The summed E-state index contributed by atoms with van der Waals surface area (Å²) in [4.78, 5) is 25.4. The van der Waals surface area contributed by atoms with Crippen LogP contribution >= 0.6 is 0 Å². The lowest BCUT2D eigenvalue weighted by Crippen LogP contribution is -2.57. The summed E-state index contributed by atoms with van der Waals surface area (Å²) in [6.07, 6.45) is 1.94. The van der Waals surface area contributed by atoms with Crippen LogP contribution in [0.5, 0.6) is 11.5 Å². The number of amides is 2. The molecule has 3 N–H and O–H groups in total. The zero-order valence-electron chi connectivity index (χ0n) is 12.6. The molecule has 0 aliphatic carbocycles. The van der Waals surface area contributed by atoms with Gasteiger partial charge in [-0.3, -0.25) is 14.8 Å². The number of aryl methyl sites for hydroxylation is 1. The van der Waals surface area contributed by atoms with E-state index in [1.807, 2.05) is 6.92 Å². The van der Waals surface area contributed by atoms with Crippen LogP contribution in [-0.2, 0) is 11.2 Å². The van der Waals surface area contributed by atoms with E-state index in [1.54, 1.807) is 11.5 Å². The van der Waals surface area contributed by atoms with Crippen molar-refractivity contribution >= 4 is 11.8 Å². The minimum Gasteiger partial charge on any atom is -0.504 e. The third-order valence-electron chi connectivity index (χ3n) is 3.83. The summed E-state index contributed by atoms with van der Waals surface area (Å²) in [5.74, 6) is -0.651. The lowest BCUT2D eigenvalue weighted by molar-refractivity contribution is -0.137. The predicted octanol–water partition coefficient (Wildman–Crippen LogP) is 1.07. The van der Waals surface area contributed by atoms with Gasteiger partial charge in [0, 0.05) is 12.1 Å². The molecule has 2 amide bonds. The fourth-order valence-corrected chi connectivity index (χ4v) is 2.55. The molecule has 1 aromatic rings. The fraction of sp³-hybridized carbons (Fsp3) is 0.467. The molecule has 1 aliphatic heterocycles. The van der Waals surface area contributed by atoms with Crippen LogP contribution in [0.25, 0.3) is 0 Å². The van der Waals surface area contributed by atoms with Crippen molar-refractivity contribution in [1.29, 1.82) is 0 Å². The number of nitrogens with zero attached hydrogens (tertiary/aromatic N) is 1. The van der Waals surface area contributed by atoms with E-state index in [4.69, 9.17) is 9.94 Å². The molecule has 7 heteroatoms. The Hall–Kier alpha value is -2.28. The number of rotatable bonds is 5. The van der Waals surface area contributed by atoms with Crippen LogP contribution < -0.4 is 10.2 Å². The Morgan fingerprint density at radius 2 is 2.18 bits per heavy atom. The van der Waals surface area contributed by atoms with E-state index in [0.29, 0.717) is 30.5 Å². The van der Waals surface area contributed by atoms with E-state index < -0.39 is 11.9 Å². The maximum atomic E-state index is 12.5. The lowest BCUT2D eigenvalue weighted by atomic mass is 9.98. The average molecular weight is 308 g/mol. The van der Waals surface area contributed by atoms with Gasteiger partial charge in [-0.2, -0.15) is 0 Å². The van der Waals surface area contributed by atoms with Gasteiger partial charge in [-0.05, 0) is 30.5 Å². The van der Waals surface area contributed by atoms with Gasteiger partial charge in [0.1, 0.15) is 6.04 Å². The summed E-state index contributed by atoms with van der Waals surface area (Å²) < 4.78 is 5.11. The molecule has 7 nitrogen and oxygen atoms in total. The van der Waals surface area contributed by atoms with Gasteiger partial charge >= 0.3 is 0 Å². The summed E-state index contributed by atoms with van der Waals surface area (Å²) in [7, 11) is 1.42. The SMILES string of the molecule is CCCc1cc(C(=O)N2CCC2C(=O)NO)cc(OC)c1O. The van der Waals surface area contributed by atoms with Gasteiger partial charge in [-0.15, -0.1) is 0 Å². The molecule has 1 saturated heterocycles. The number of benzene rings is 1. The number of hydrogen-bond donors (Lipinski definition) is 3. The molecule has 1 atom stereocenters. The molecule has 2 rings (SSSR count). The van der Waals surface area contributed by atoms with E-state index in [9.17, 15) is 14.7 Å². The minimum absolute atomic E-state index is 0.0363. The van der Waals surface area contributed by atoms with Gasteiger partial charge < -0.3 is 14.7 Å². The number of aromatic hydroxyl groups is 1. The number of hydrogen-bond acceptors (Lipinski definition) is 5. The molecule has 0 bridgehead atoms. The van der Waals surface area contributed by atoms with Crippen LogP contribution in [0, 0.1) is 0 Å². The number of likely N-dealkylation sites (tertiary alicyclic amines) is 1. The fourth-order valence-electron chi connectivity index (χ4n) is 2.55. The Kier molecular flexibility index (Phi) is 4.87. The molecule has 1 aromatic carbocycles. The van der Waals surface area contributed by atoms with Crippen LogP contribution in [0.15, 0.2) is 12.1 Å². The molecule has 0 spiro atoms. The summed E-state index contributed by atoms with van der Waals surface area (Å²) in [6, 6.07) is 2.42. The second-order valence-corrected chi connectivity index (χ2v) is 5.22. The molecule has 1 fully saturated rings. The zero-order valence-corrected chi connectivity index (χ0v) is 12.6. The first-order valence-corrected chi connectivity index (χ1v) is 7.18. The molecular formula is C15H20N2O5. The van der Waals surface area contributed by atoms with Crippen LogP contribution in [-0.4, -0.2) is 46.7 Å². The number of phenolic OH excluding ortho intramolecular Hbond substituents is 1. The first kappa shape index (κ1) is 16.1. The second kappa shape index (κ2) is 6.65. The third kappa shape index (κ3) is 2.85. The Morgan fingerprint density at radius 1 is 1.45 bits per heavy atom. The maximum Gasteiger partial charge on any atom is 0.266 e. The Labute approximate surface area is 128 Å². The molecule has 0 radical (unpaired) electrons. The van der Waals surface area contributed by atoms with Crippen molar-refractivity contribution in [2.24, 2.45) is 0 Å². The van der Waals surface area contributed by atoms with Crippen molar-refractivity contribution in [2.75, 3.05) is 13.7 Å². The van der Waals surface area contributed by atoms with Gasteiger partial charge in [0.05, 0.1) is 7.11 Å². The quantitative estimate of drug-likeness (QED) is 0.558. The van der Waals surface area contributed by atoms with Crippen molar-refractivity contribution < 1.29 is 24.6 Å². The second-order valence-electron chi connectivity index (χ2n) is 5.22. The number of phenols is 1. The monoisotopic (exact) mass is 308 g/mol. The highest BCUT2D eigenvalue weighted by molar-refractivity contribution is 5.99. The summed E-state index contributed by atoms with van der Waals surface area (Å²) in [5.41, 5.74) is 2.56. The van der Waals surface area contributed by atoms with Crippen molar-refractivity contribution in [1.82, 2.24) is 10.4 Å². The van der Waals surface area contributed by atoms with E-state index in [2.05, 4.69) is 0 Å². The molecule has 1 unspecified atom stereocenters. The average Bonchev–Trinajstić information content (AvgIpc) is 2.48. The summed E-state index contributed by atoms with van der Waals surface area (Å²) >= 11 is 0. The number of carbonyl (C=O) groups is 2. The van der Waals surface area contributed by atoms with E-state index in [0.717, 1.165) is 6.42 Å². The van der Waals surface area contributed by atoms with Gasteiger partial charge in [-0.25, -0.2) is 5.48 Å². The van der Waals surface area contributed by atoms with Gasteiger partial charge in [0.15, 0.2) is 11.5 Å². The highest BCUT2D eigenvalue weighted by atomic mass is 16.5. The Morgan fingerprint density at radius 3 is 2.68 bits per heavy atom. The number of ether oxygens (including phenoxy) is 1. The maximum absolute atomic E-state index is 12.5. The van der Waals surface area contributed by atoms with E-state index in [1.165, 1.54) is 18.1 Å². The van der Waals surface area contributed by atoms with Crippen LogP contribution in [0.1, 0.15) is 35.7 Å². The van der Waals surface area contributed by atoms with Gasteiger partial charge in [0.25, 0.3) is 11.8 Å². The highest BCUT2D eigenvalue weighted by Gasteiger charge is 2.38. The number of hydroxylamine groups is 1. The topological polar surface area (TPSA) is 99.1 Å². The predicted molar refractivity (Wildman–Crippen MR) is 78.0 cm³/mol. The molecule has 0 saturated carbocycles. The van der Waals surface area contributed by atoms with Crippen LogP contribution in [0.2, 0.25) is 0 Å². The van der Waals surface area contributed by atoms with Crippen LogP contribution in [0.3, 0.4) is 0 Å². The molecule has 120 valence electrons. The number of carbonyl (C=O) groups excluding carboxylic acids is 2. The molecule has 0 aromatic heterocycles. The number of nitrogens with one attached hydrogen (secondary N) is 1. The smallest absolute Gasteiger partial charge is 0.266 e. The zero-order chi connectivity index (χ0) is 16.3. The standard InChI is InChI=1S/C15H20N2O5/c1-3-4-9-7-10(8-12(22-2)13(9)18)15(20)17-6-5-11(17)14(19)16-21/h7-8,11,18,21H,3-6H2,1-2H3,(H,16,19). The first-order chi connectivity index (χ1) is 10.5. The van der Waals surface area contributed by atoms with Gasteiger partial charge in [0.2, 0.25) is 0 Å². The van der Waals surface area contributed by atoms with Crippen LogP contribution in [0.4, 0.5) is 0 Å². The minimum atomic E-state index is -0.660. The van der Waals surface area contributed by atoms with E-state index >= 15 is 0 Å². The normalized spacial score (nSPS) is 16.9. The Balaban J connectivity index is 2.30. The van der Waals surface area contributed by atoms with Crippen molar-refractivity contribution in [3.63, 3.8) is 0 Å². The highest BCUT2D eigenvalue weighted by Crippen LogP contribution is 2.33. The molecule has 1 heterocycles.